The number of nitrogens with one attached hydrogen (secondary N) is 1. The van der Waals surface area contributed by atoms with Crippen LogP contribution in [0.1, 0.15) is 38.9 Å². The lowest BCUT2D eigenvalue weighted by Crippen LogP contribution is -2.47. The maximum Gasteiger partial charge on any atom is 0.241 e. The first-order valence-electron chi connectivity index (χ1n) is 6.78. The second kappa shape index (κ2) is 7.02. The summed E-state index contributed by atoms with van der Waals surface area (Å²) in [6.07, 6.45) is -0.246. The fourth-order valence-electron chi connectivity index (χ4n) is 1.88. The Bertz CT molecular complexity index is 599. The van der Waals surface area contributed by atoms with Crippen LogP contribution in [-0.4, -0.2) is 25.5 Å². The van der Waals surface area contributed by atoms with E-state index in [-0.39, 0.29) is 10.8 Å². The average Bonchev–Trinajstić information content (AvgIpc) is 2.43. The Balaban J connectivity index is 3.10. The minimum atomic E-state index is -3.88. The van der Waals surface area contributed by atoms with Crippen molar-refractivity contribution in [1.82, 2.24) is 4.72 Å². The lowest BCUT2D eigenvalue weighted by Gasteiger charge is -2.19. The van der Waals surface area contributed by atoms with Crippen LogP contribution in [0.25, 0.3) is 0 Å². The van der Waals surface area contributed by atoms with Crippen LogP contribution < -0.4 is 10.5 Å². The van der Waals surface area contributed by atoms with Crippen LogP contribution in [0.5, 0.6) is 0 Å². The average molecular weight is 314 g/mol. The van der Waals surface area contributed by atoms with Crippen LogP contribution in [-0.2, 0) is 14.8 Å². The molecule has 7 heteroatoms. The summed E-state index contributed by atoms with van der Waals surface area (Å²) in [4.78, 5) is 11.3. The fraction of sp³-hybridized carbons (Fsp3) is 0.500. The predicted molar refractivity (Wildman–Crippen MR) is 79.8 cm³/mol. The van der Waals surface area contributed by atoms with E-state index in [1.165, 1.54) is 12.1 Å². The SMILES string of the molecule is CCC(O)c1cccc(S(=O)(=O)NC(C(N)=O)C(C)C)c1. The van der Waals surface area contributed by atoms with Gasteiger partial charge in [0.25, 0.3) is 0 Å². The lowest BCUT2D eigenvalue weighted by molar-refractivity contribution is -0.120. The molecule has 21 heavy (non-hydrogen) atoms. The number of carbonyl (C=O) groups excluding carboxylic acids is 1. The van der Waals surface area contributed by atoms with Gasteiger partial charge in [-0.3, -0.25) is 4.79 Å². The molecule has 1 aromatic carbocycles. The molecule has 0 aromatic heterocycles. The van der Waals surface area contributed by atoms with E-state index in [0.29, 0.717) is 12.0 Å². The van der Waals surface area contributed by atoms with E-state index in [0.717, 1.165) is 0 Å². The first-order valence-corrected chi connectivity index (χ1v) is 8.27. The third-order valence-corrected chi connectivity index (χ3v) is 4.63. The first-order chi connectivity index (χ1) is 9.69. The molecule has 0 bridgehead atoms. The molecule has 0 saturated heterocycles. The first kappa shape index (κ1) is 17.6. The molecule has 0 fully saturated rings. The number of carbonyl (C=O) groups is 1. The molecule has 0 aliphatic carbocycles. The number of benzene rings is 1. The minimum absolute atomic E-state index is 0.000556. The van der Waals surface area contributed by atoms with Gasteiger partial charge >= 0.3 is 0 Å². The number of aliphatic hydroxyl groups is 1. The van der Waals surface area contributed by atoms with Crippen LogP contribution in [0.4, 0.5) is 0 Å². The summed E-state index contributed by atoms with van der Waals surface area (Å²) in [5.41, 5.74) is 5.73. The second-order valence-corrected chi connectivity index (χ2v) is 6.96. The van der Waals surface area contributed by atoms with E-state index in [1.807, 2.05) is 0 Å². The highest BCUT2D eigenvalue weighted by atomic mass is 32.2. The van der Waals surface area contributed by atoms with Gasteiger partial charge in [0.15, 0.2) is 0 Å². The van der Waals surface area contributed by atoms with Gasteiger partial charge in [0.1, 0.15) is 6.04 Å². The normalized spacial score (nSPS) is 14.9. The van der Waals surface area contributed by atoms with Gasteiger partial charge in [0, 0.05) is 0 Å². The number of primary amides is 1. The largest absolute Gasteiger partial charge is 0.388 e. The van der Waals surface area contributed by atoms with E-state index in [4.69, 9.17) is 5.73 Å². The lowest BCUT2D eigenvalue weighted by atomic mass is 10.1. The summed E-state index contributed by atoms with van der Waals surface area (Å²) in [5.74, 6) is -0.986. The predicted octanol–water partition coefficient (Wildman–Crippen LogP) is 0.918. The zero-order chi connectivity index (χ0) is 16.2. The summed E-state index contributed by atoms with van der Waals surface area (Å²) >= 11 is 0. The Labute approximate surface area is 125 Å². The molecule has 0 spiro atoms. The maximum absolute atomic E-state index is 12.3. The summed E-state index contributed by atoms with van der Waals surface area (Å²) in [6, 6.07) is 5.04. The van der Waals surface area contributed by atoms with Crippen LogP contribution in [0, 0.1) is 5.92 Å². The number of rotatable bonds is 7. The Morgan fingerprint density at radius 2 is 2.00 bits per heavy atom. The van der Waals surface area contributed by atoms with E-state index in [1.54, 1.807) is 32.9 Å². The molecule has 0 heterocycles. The van der Waals surface area contributed by atoms with Crippen molar-refractivity contribution >= 4 is 15.9 Å². The van der Waals surface area contributed by atoms with E-state index < -0.39 is 28.1 Å². The van der Waals surface area contributed by atoms with Gasteiger partial charge in [-0.1, -0.05) is 32.9 Å². The van der Waals surface area contributed by atoms with Crippen LogP contribution in [0.15, 0.2) is 29.2 Å². The number of hydrogen-bond acceptors (Lipinski definition) is 4. The second-order valence-electron chi connectivity index (χ2n) is 5.24. The van der Waals surface area contributed by atoms with Gasteiger partial charge in [0.05, 0.1) is 11.0 Å². The van der Waals surface area contributed by atoms with Gasteiger partial charge in [-0.2, -0.15) is 4.72 Å². The quantitative estimate of drug-likeness (QED) is 0.695. The number of hydrogen-bond donors (Lipinski definition) is 3. The number of sulfonamides is 1. The molecule has 1 aromatic rings. The highest BCUT2D eigenvalue weighted by Gasteiger charge is 2.26. The standard InChI is InChI=1S/C14H22N2O4S/c1-4-12(17)10-6-5-7-11(8-10)21(19,20)16-13(9(2)3)14(15)18/h5-9,12-13,16-17H,4H2,1-3H3,(H2,15,18). The van der Waals surface area contributed by atoms with Crippen molar-refractivity contribution in [2.75, 3.05) is 0 Å². The molecule has 2 unspecified atom stereocenters. The molecular weight excluding hydrogens is 292 g/mol. The maximum atomic E-state index is 12.3. The molecule has 1 rings (SSSR count). The molecule has 0 aliphatic heterocycles. The highest BCUT2D eigenvalue weighted by molar-refractivity contribution is 7.89. The van der Waals surface area contributed by atoms with E-state index in [2.05, 4.69) is 4.72 Å². The topological polar surface area (TPSA) is 109 Å². The van der Waals surface area contributed by atoms with Crippen LogP contribution in [0.3, 0.4) is 0 Å². The van der Waals surface area contributed by atoms with Gasteiger partial charge in [-0.05, 0) is 30.0 Å². The van der Waals surface area contributed by atoms with Crippen molar-refractivity contribution in [3.8, 4) is 0 Å². The molecule has 0 saturated carbocycles. The van der Waals surface area contributed by atoms with Gasteiger partial charge in [-0.15, -0.1) is 0 Å². The van der Waals surface area contributed by atoms with Crippen molar-refractivity contribution in [2.45, 2.75) is 44.2 Å². The highest BCUT2D eigenvalue weighted by Crippen LogP contribution is 2.20. The molecule has 4 N–H and O–H groups in total. The van der Waals surface area contributed by atoms with Gasteiger partial charge in [0.2, 0.25) is 15.9 Å². The molecule has 1 amide bonds. The summed E-state index contributed by atoms with van der Waals surface area (Å²) in [7, 11) is -3.88. The Morgan fingerprint density at radius 3 is 2.48 bits per heavy atom. The zero-order valence-corrected chi connectivity index (χ0v) is 13.2. The molecule has 6 nitrogen and oxygen atoms in total. The number of aliphatic hydroxyl groups excluding tert-OH is 1. The minimum Gasteiger partial charge on any atom is -0.388 e. The smallest absolute Gasteiger partial charge is 0.241 e. The van der Waals surface area contributed by atoms with E-state index >= 15 is 0 Å². The summed E-state index contributed by atoms with van der Waals surface area (Å²) in [5, 5.41) is 9.79. The molecule has 0 radical (unpaired) electrons. The number of nitrogens with two attached hydrogens (primary N) is 1. The number of amides is 1. The van der Waals surface area contributed by atoms with Crippen molar-refractivity contribution in [1.29, 1.82) is 0 Å². The van der Waals surface area contributed by atoms with Crippen LogP contribution in [0.2, 0.25) is 0 Å². The van der Waals surface area contributed by atoms with E-state index in [9.17, 15) is 18.3 Å². The molecule has 0 aliphatic rings. The van der Waals surface area contributed by atoms with Crippen molar-refractivity contribution in [3.63, 3.8) is 0 Å². The third kappa shape index (κ3) is 4.52. The molecular formula is C14H22N2O4S. The zero-order valence-electron chi connectivity index (χ0n) is 12.4. The van der Waals surface area contributed by atoms with Crippen molar-refractivity contribution in [3.05, 3.63) is 29.8 Å². The molecule has 118 valence electrons. The summed E-state index contributed by atoms with van der Waals surface area (Å²) in [6.45, 7) is 5.20. The Hall–Kier alpha value is -1.44. The third-order valence-electron chi connectivity index (χ3n) is 3.20. The van der Waals surface area contributed by atoms with Gasteiger partial charge in [-0.25, -0.2) is 8.42 Å². The van der Waals surface area contributed by atoms with Crippen LogP contribution >= 0.6 is 0 Å². The van der Waals surface area contributed by atoms with Crippen molar-refractivity contribution < 1.29 is 18.3 Å². The summed E-state index contributed by atoms with van der Waals surface area (Å²) < 4.78 is 26.9. The molecule has 2 atom stereocenters. The Morgan fingerprint density at radius 1 is 1.38 bits per heavy atom. The van der Waals surface area contributed by atoms with Gasteiger partial charge < -0.3 is 10.8 Å². The van der Waals surface area contributed by atoms with Crippen molar-refractivity contribution in [2.24, 2.45) is 11.7 Å². The Kier molecular flexibility index (Phi) is 5.88. The monoisotopic (exact) mass is 314 g/mol. The fourth-order valence-corrected chi connectivity index (χ4v) is 3.29.